The summed E-state index contributed by atoms with van der Waals surface area (Å²) in [6.07, 6.45) is 1.76. The fraction of sp³-hybridized carbons (Fsp3) is 0.111. The van der Waals surface area contributed by atoms with Crippen molar-refractivity contribution < 1.29 is 26.5 Å². The molecule has 0 fully saturated rings. The number of nitrogens with zero attached hydrogens (tertiary/aromatic N) is 1. The number of hydrogen-bond acceptors (Lipinski definition) is 7. The van der Waals surface area contributed by atoms with Crippen molar-refractivity contribution in [1.29, 1.82) is 0 Å². The van der Waals surface area contributed by atoms with E-state index in [2.05, 4.69) is 0 Å². The maximum Gasteiger partial charge on any atom is 0.289 e. The van der Waals surface area contributed by atoms with E-state index in [1.54, 1.807) is 6.07 Å². The van der Waals surface area contributed by atoms with Crippen molar-refractivity contribution in [1.82, 2.24) is 0 Å². The number of benzene rings is 2. The van der Waals surface area contributed by atoms with Crippen molar-refractivity contribution in [3.63, 3.8) is 0 Å². The Morgan fingerprint density at radius 2 is 1.57 bits per heavy atom. The second kappa shape index (κ2) is 8.36. The number of rotatable bonds is 7. The fourth-order valence-electron chi connectivity index (χ4n) is 2.25. The molecule has 2 aromatic carbocycles. The Bertz CT molecular complexity index is 1130. The molecule has 10 heteroatoms. The maximum absolute atomic E-state index is 12.9. The van der Waals surface area contributed by atoms with Gasteiger partial charge in [-0.15, -0.1) is 0 Å². The highest BCUT2D eigenvalue weighted by Gasteiger charge is 2.33. The molecule has 0 saturated heterocycles. The first-order valence-corrected chi connectivity index (χ1v) is 11.2. The molecule has 0 aliphatic heterocycles. The van der Waals surface area contributed by atoms with Crippen LogP contribution in [0.1, 0.15) is 5.56 Å². The second-order valence-electron chi connectivity index (χ2n) is 5.69. The maximum atomic E-state index is 12.9. The van der Waals surface area contributed by atoms with Crippen LogP contribution in [0.25, 0.3) is 6.08 Å². The van der Waals surface area contributed by atoms with Crippen LogP contribution >= 0.6 is 0 Å². The number of methoxy groups -OCH3 is 1. The second-order valence-corrected chi connectivity index (χ2v) is 9.50. The van der Waals surface area contributed by atoms with E-state index < -0.39 is 35.2 Å². The molecule has 0 amide bonds. The molecular weight excluding hydrogens is 406 g/mol. The van der Waals surface area contributed by atoms with Gasteiger partial charge in [0, 0.05) is 12.3 Å². The van der Waals surface area contributed by atoms with E-state index in [4.69, 9.17) is 4.74 Å². The molecule has 0 aliphatic rings. The Kier molecular flexibility index (Phi) is 6.37. The van der Waals surface area contributed by atoms with E-state index in [0.29, 0.717) is 16.7 Å². The minimum atomic E-state index is -4.46. The molecule has 2 rings (SSSR count). The van der Waals surface area contributed by atoms with Crippen molar-refractivity contribution in [3.8, 4) is 5.75 Å². The minimum absolute atomic E-state index is 0.257. The first-order chi connectivity index (χ1) is 13.0. The number of sulfone groups is 2. The van der Waals surface area contributed by atoms with Gasteiger partial charge in [0.15, 0.2) is 14.7 Å². The van der Waals surface area contributed by atoms with Gasteiger partial charge in [-0.2, -0.15) is 0 Å². The van der Waals surface area contributed by atoms with Crippen molar-refractivity contribution in [2.45, 2.75) is 4.90 Å². The first-order valence-electron chi connectivity index (χ1n) is 7.77. The van der Waals surface area contributed by atoms with E-state index in [9.17, 15) is 26.9 Å². The molecule has 2 aromatic rings. The summed E-state index contributed by atoms with van der Waals surface area (Å²) in [5.74, 6) is 0.503. The Morgan fingerprint density at radius 3 is 2.04 bits per heavy atom. The molecule has 0 atom stereocenters. The molecule has 0 heterocycles. The third kappa shape index (κ3) is 5.27. The zero-order valence-corrected chi connectivity index (χ0v) is 16.6. The highest BCUT2D eigenvalue weighted by molar-refractivity contribution is 7.98. The lowest BCUT2D eigenvalue weighted by Crippen LogP contribution is -2.14. The smallest absolute Gasteiger partial charge is 0.289 e. The van der Waals surface area contributed by atoms with Gasteiger partial charge in [0.1, 0.15) is 5.75 Å². The zero-order chi connectivity index (χ0) is 20.9. The summed E-state index contributed by atoms with van der Waals surface area (Å²) in [6.45, 7) is 0. The normalized spacial score (nSPS) is 13.2. The number of ether oxygens (including phenoxy) is 1. The van der Waals surface area contributed by atoms with Crippen LogP contribution in [-0.4, -0.2) is 35.1 Å². The summed E-state index contributed by atoms with van der Waals surface area (Å²) in [7, 11) is -7.02. The highest BCUT2D eigenvalue weighted by Crippen LogP contribution is 2.28. The minimum Gasteiger partial charge on any atom is -0.497 e. The lowest BCUT2D eigenvalue weighted by molar-refractivity contribution is -0.418. The molecule has 8 nitrogen and oxygen atoms in total. The Hall–Kier alpha value is -2.98. The van der Waals surface area contributed by atoms with Crippen LogP contribution in [0.5, 0.6) is 5.75 Å². The van der Waals surface area contributed by atoms with Crippen molar-refractivity contribution in [3.05, 3.63) is 86.3 Å². The third-order valence-corrected chi connectivity index (χ3v) is 6.14. The van der Waals surface area contributed by atoms with Gasteiger partial charge in [-0.1, -0.05) is 30.3 Å². The van der Waals surface area contributed by atoms with Crippen LogP contribution in [0.4, 0.5) is 0 Å². The lowest BCUT2D eigenvalue weighted by atomic mass is 10.2. The van der Waals surface area contributed by atoms with E-state index >= 15 is 0 Å². The van der Waals surface area contributed by atoms with Crippen molar-refractivity contribution >= 4 is 25.8 Å². The molecule has 148 valence electrons. The molecule has 0 bridgehead atoms. The van der Waals surface area contributed by atoms with Gasteiger partial charge in [-0.05, 0) is 29.8 Å². The Balaban J connectivity index is 2.74. The van der Waals surface area contributed by atoms with Gasteiger partial charge in [-0.25, -0.2) is 16.8 Å². The predicted octanol–water partition coefficient (Wildman–Crippen LogP) is 2.67. The topological polar surface area (TPSA) is 121 Å². The van der Waals surface area contributed by atoms with Crippen LogP contribution in [0.2, 0.25) is 0 Å². The standard InChI is InChI=1S/C18H17NO7S2/c1-26-15-10-8-14(9-11-15)12-17(19(20)21)18(13-27(2,22)23)28(24,25)16-6-4-3-5-7-16/h3-13H,1-2H3/b17-12+,18-13+. The lowest BCUT2D eigenvalue weighted by Gasteiger charge is -2.08. The molecule has 0 spiro atoms. The van der Waals surface area contributed by atoms with Gasteiger partial charge in [-0.3, -0.25) is 10.1 Å². The molecule has 0 aliphatic carbocycles. The van der Waals surface area contributed by atoms with Gasteiger partial charge in [0.25, 0.3) is 5.70 Å². The van der Waals surface area contributed by atoms with E-state index in [-0.39, 0.29) is 4.90 Å². The van der Waals surface area contributed by atoms with Crippen LogP contribution < -0.4 is 4.74 Å². The zero-order valence-electron chi connectivity index (χ0n) is 15.0. The fourth-order valence-corrected chi connectivity index (χ4v) is 4.97. The van der Waals surface area contributed by atoms with E-state index in [1.807, 2.05) is 0 Å². The molecule has 0 N–H and O–H groups in total. The van der Waals surface area contributed by atoms with Crippen molar-refractivity contribution in [2.75, 3.05) is 13.4 Å². The average molecular weight is 423 g/mol. The highest BCUT2D eigenvalue weighted by atomic mass is 32.2. The average Bonchev–Trinajstić information content (AvgIpc) is 2.64. The predicted molar refractivity (Wildman–Crippen MR) is 105 cm³/mol. The summed E-state index contributed by atoms with van der Waals surface area (Å²) in [4.78, 5) is 9.54. The Labute approximate surface area is 162 Å². The summed E-state index contributed by atoms with van der Waals surface area (Å²) >= 11 is 0. The van der Waals surface area contributed by atoms with E-state index in [0.717, 1.165) is 12.3 Å². The summed E-state index contributed by atoms with van der Waals surface area (Å²) in [5, 5.41) is 12.0. The quantitative estimate of drug-likeness (QED) is 0.381. The van der Waals surface area contributed by atoms with Crippen LogP contribution in [0.15, 0.2) is 75.5 Å². The molecule has 0 saturated carbocycles. The van der Waals surface area contributed by atoms with Gasteiger partial charge in [0.2, 0.25) is 9.84 Å². The van der Waals surface area contributed by atoms with Crippen molar-refractivity contribution in [2.24, 2.45) is 0 Å². The first kappa shape index (κ1) is 21.3. The molecule has 28 heavy (non-hydrogen) atoms. The molecular formula is C18H17NO7S2. The number of nitro groups is 1. The summed E-state index contributed by atoms with van der Waals surface area (Å²) in [6, 6.07) is 12.9. The molecule has 0 radical (unpaired) electrons. The Morgan fingerprint density at radius 1 is 1.00 bits per heavy atom. The monoisotopic (exact) mass is 423 g/mol. The van der Waals surface area contributed by atoms with Crippen LogP contribution in [-0.2, 0) is 19.7 Å². The largest absolute Gasteiger partial charge is 0.497 e. The van der Waals surface area contributed by atoms with Crippen LogP contribution in [0, 0.1) is 10.1 Å². The van der Waals surface area contributed by atoms with Crippen LogP contribution in [0.3, 0.4) is 0 Å². The summed E-state index contributed by atoms with van der Waals surface area (Å²) < 4.78 is 54.5. The van der Waals surface area contributed by atoms with Gasteiger partial charge >= 0.3 is 0 Å². The SMILES string of the molecule is COc1ccc(/C=C(\C(=C/S(C)(=O)=O)S(=O)(=O)c2ccccc2)[N+](=O)[O-])cc1. The van der Waals surface area contributed by atoms with E-state index in [1.165, 1.54) is 55.6 Å². The molecule has 0 unspecified atom stereocenters. The number of hydrogen-bond donors (Lipinski definition) is 0. The van der Waals surface area contributed by atoms with Gasteiger partial charge in [0.05, 0.1) is 22.3 Å². The summed E-state index contributed by atoms with van der Waals surface area (Å²) in [5.41, 5.74) is -0.561. The third-order valence-electron chi connectivity index (χ3n) is 3.53. The van der Waals surface area contributed by atoms with Gasteiger partial charge < -0.3 is 4.74 Å². The molecule has 0 aromatic heterocycles.